The number of ether oxygens (including phenoxy) is 1. The van der Waals surface area contributed by atoms with Crippen LogP contribution in [0.1, 0.15) is 12.8 Å². The number of carbonyl (C=O) groups excluding carboxylic acids is 1. The Labute approximate surface area is 153 Å². The maximum absolute atomic E-state index is 12.3. The molecule has 0 aromatic rings. The molecule has 0 heterocycles. The van der Waals surface area contributed by atoms with Crippen LogP contribution < -0.4 is 0 Å². The van der Waals surface area contributed by atoms with Crippen LogP contribution in [0.3, 0.4) is 0 Å². The molecular formula is C15H15F3I2O2. The number of halogens is 5. The molecule has 10 atom stereocenters. The topological polar surface area (TPSA) is 26.3 Å². The van der Waals surface area contributed by atoms with Gasteiger partial charge in [0.1, 0.15) is 0 Å². The third-order valence-corrected chi connectivity index (χ3v) is 11.2. The quantitative estimate of drug-likeness (QED) is 0.311. The lowest BCUT2D eigenvalue weighted by molar-refractivity contribution is -0.200. The number of carbonyl (C=O) groups is 1. The number of alkyl halides is 5. The molecule has 0 aromatic carbocycles. The average molecular weight is 538 g/mol. The summed E-state index contributed by atoms with van der Waals surface area (Å²) in [6.45, 7) is -0.0717. The van der Waals surface area contributed by atoms with Crippen molar-refractivity contribution < 1.29 is 22.7 Å². The first-order chi connectivity index (χ1) is 10.3. The summed E-state index contributed by atoms with van der Waals surface area (Å²) in [4.78, 5) is 11.0. The molecule has 0 N–H and O–H groups in total. The van der Waals surface area contributed by atoms with Crippen molar-refractivity contribution in [2.45, 2.75) is 26.9 Å². The molecule has 0 spiro atoms. The normalized spacial score (nSPS) is 59.2. The summed E-state index contributed by atoms with van der Waals surface area (Å²) in [6.07, 6.45) is -2.89. The Hall–Kier alpha value is 0.720. The van der Waals surface area contributed by atoms with E-state index in [4.69, 9.17) is 0 Å². The highest BCUT2D eigenvalue weighted by atomic mass is 127. The van der Waals surface area contributed by atoms with Gasteiger partial charge >= 0.3 is 12.1 Å². The van der Waals surface area contributed by atoms with Gasteiger partial charge in [-0.3, -0.25) is 0 Å². The summed E-state index contributed by atoms with van der Waals surface area (Å²) in [5.41, 5.74) is 0.149. The zero-order valence-corrected chi connectivity index (χ0v) is 15.8. The van der Waals surface area contributed by atoms with Crippen LogP contribution in [-0.2, 0) is 9.53 Å². The Bertz CT molecular complexity index is 563. The summed E-state index contributed by atoms with van der Waals surface area (Å²) in [6, 6.07) is 0. The van der Waals surface area contributed by atoms with Gasteiger partial charge in [-0.05, 0) is 59.7 Å². The van der Waals surface area contributed by atoms with Gasteiger partial charge in [0.05, 0.1) is 6.61 Å². The van der Waals surface area contributed by atoms with Gasteiger partial charge in [0.15, 0.2) is 0 Å². The molecule has 6 bridgehead atoms. The second-order valence-electron chi connectivity index (χ2n) is 7.69. The minimum Gasteiger partial charge on any atom is -0.459 e. The summed E-state index contributed by atoms with van der Waals surface area (Å²) in [7, 11) is 0. The largest absolute Gasteiger partial charge is 0.490 e. The average Bonchev–Trinajstić information content (AvgIpc) is 3.14. The Kier molecular flexibility index (Phi) is 2.92. The molecule has 0 aliphatic heterocycles. The van der Waals surface area contributed by atoms with Crippen molar-refractivity contribution in [3.63, 3.8) is 0 Å². The minimum atomic E-state index is -4.87. The molecule has 0 saturated heterocycles. The van der Waals surface area contributed by atoms with E-state index in [1.54, 1.807) is 0 Å². The van der Waals surface area contributed by atoms with Crippen LogP contribution >= 0.6 is 45.2 Å². The SMILES string of the molecule is O=C(OCC[C@@]12[C@@H]3[C@H](I)[C@@H]4[C@H]5C[C@@H]([C@H]([C@H]53)[C@H]1I)[C@H]42)C(F)(F)F. The first kappa shape index (κ1) is 15.0. The zero-order valence-electron chi connectivity index (χ0n) is 11.5. The highest BCUT2D eigenvalue weighted by Crippen LogP contribution is 2.89. The molecule has 6 rings (SSSR count). The molecule has 6 fully saturated rings. The lowest BCUT2D eigenvalue weighted by atomic mass is 9.62. The van der Waals surface area contributed by atoms with Gasteiger partial charge in [-0.1, -0.05) is 45.2 Å². The number of esters is 1. The van der Waals surface area contributed by atoms with E-state index in [1.165, 1.54) is 6.42 Å². The predicted octanol–water partition coefficient (Wildman–Crippen LogP) is 3.85. The fourth-order valence-corrected chi connectivity index (χ4v) is 11.9. The van der Waals surface area contributed by atoms with E-state index in [9.17, 15) is 18.0 Å². The van der Waals surface area contributed by atoms with E-state index in [-0.39, 0.29) is 12.0 Å². The second kappa shape index (κ2) is 4.27. The van der Waals surface area contributed by atoms with E-state index < -0.39 is 12.1 Å². The van der Waals surface area contributed by atoms with E-state index in [2.05, 4.69) is 49.9 Å². The molecule has 6 saturated carbocycles. The summed E-state index contributed by atoms with van der Waals surface area (Å²) >= 11 is 5.18. The first-order valence-electron chi connectivity index (χ1n) is 7.82. The van der Waals surface area contributed by atoms with Crippen LogP contribution in [0.2, 0.25) is 0 Å². The lowest BCUT2D eigenvalue weighted by Crippen LogP contribution is -2.41. The maximum atomic E-state index is 12.3. The molecule has 0 amide bonds. The molecule has 0 radical (unpaired) electrons. The van der Waals surface area contributed by atoms with Gasteiger partial charge in [0, 0.05) is 7.85 Å². The highest BCUT2D eigenvalue weighted by molar-refractivity contribution is 14.1. The summed E-state index contributed by atoms with van der Waals surface area (Å²) in [5, 5.41) is 0. The van der Waals surface area contributed by atoms with Crippen molar-refractivity contribution in [2.75, 3.05) is 6.61 Å². The van der Waals surface area contributed by atoms with Crippen LogP contribution in [0.15, 0.2) is 0 Å². The van der Waals surface area contributed by atoms with Gasteiger partial charge in [0.25, 0.3) is 0 Å². The number of hydrogen-bond donors (Lipinski definition) is 0. The monoisotopic (exact) mass is 538 g/mol. The van der Waals surface area contributed by atoms with Gasteiger partial charge in [-0.25, -0.2) is 4.79 Å². The van der Waals surface area contributed by atoms with Crippen molar-refractivity contribution >= 4 is 51.2 Å². The molecule has 122 valence electrons. The van der Waals surface area contributed by atoms with Gasteiger partial charge in [-0.2, -0.15) is 13.2 Å². The Morgan fingerprint density at radius 2 is 1.86 bits per heavy atom. The van der Waals surface area contributed by atoms with E-state index in [1.807, 2.05) is 0 Å². The molecule has 6 aliphatic rings. The van der Waals surface area contributed by atoms with Crippen molar-refractivity contribution in [1.29, 1.82) is 0 Å². The van der Waals surface area contributed by atoms with Gasteiger partial charge < -0.3 is 4.74 Å². The molecule has 0 aromatic heterocycles. The molecule has 22 heavy (non-hydrogen) atoms. The van der Waals surface area contributed by atoms with E-state index in [0.29, 0.717) is 26.1 Å². The summed E-state index contributed by atoms with van der Waals surface area (Å²) in [5.74, 6) is 3.38. The lowest BCUT2D eigenvalue weighted by Gasteiger charge is -2.42. The van der Waals surface area contributed by atoms with Crippen molar-refractivity contribution in [3.8, 4) is 0 Å². The van der Waals surface area contributed by atoms with Crippen LogP contribution in [0.25, 0.3) is 0 Å². The van der Waals surface area contributed by atoms with Gasteiger partial charge in [-0.15, -0.1) is 0 Å². The third-order valence-electron chi connectivity index (χ3n) is 7.57. The molecule has 2 nitrogen and oxygen atoms in total. The fourth-order valence-electron chi connectivity index (χ4n) is 7.59. The van der Waals surface area contributed by atoms with E-state index in [0.717, 1.165) is 29.6 Å². The summed E-state index contributed by atoms with van der Waals surface area (Å²) < 4.78 is 42.7. The van der Waals surface area contributed by atoms with Crippen molar-refractivity contribution in [1.82, 2.24) is 0 Å². The van der Waals surface area contributed by atoms with Crippen LogP contribution in [0.5, 0.6) is 0 Å². The van der Waals surface area contributed by atoms with Crippen molar-refractivity contribution in [3.05, 3.63) is 0 Å². The van der Waals surface area contributed by atoms with Crippen molar-refractivity contribution in [2.24, 2.45) is 46.8 Å². The second-order valence-corrected chi connectivity index (χ2v) is 10.5. The molecular weight excluding hydrogens is 523 g/mol. The van der Waals surface area contributed by atoms with E-state index >= 15 is 0 Å². The molecule has 7 heteroatoms. The predicted molar refractivity (Wildman–Crippen MR) is 88.7 cm³/mol. The standard InChI is InChI=1S/C15H15F3I2O2/c16-15(17,18)13(21)22-2-1-14-9-5-3-4-6(7(5)12(14)20)10(14)11(19)8(4)9/h4-12H,1-3H2/t4-,5-,6-,7+,8+,9+,10-,11+,12+,14+/m0/s1. The highest BCUT2D eigenvalue weighted by Gasteiger charge is 2.87. The van der Waals surface area contributed by atoms with Crippen LogP contribution in [-0.4, -0.2) is 26.6 Å². The van der Waals surface area contributed by atoms with Crippen LogP contribution in [0, 0.1) is 46.8 Å². The fraction of sp³-hybridized carbons (Fsp3) is 0.933. The first-order valence-corrected chi connectivity index (χ1v) is 10.3. The third kappa shape index (κ3) is 1.41. The molecule has 6 aliphatic carbocycles. The number of rotatable bonds is 3. The number of hydrogen-bond acceptors (Lipinski definition) is 2. The zero-order chi connectivity index (χ0) is 15.6. The smallest absolute Gasteiger partial charge is 0.459 e. The van der Waals surface area contributed by atoms with Gasteiger partial charge in [0.2, 0.25) is 0 Å². The Balaban J connectivity index is 1.39. The molecule has 0 unspecified atom stereocenters. The minimum absolute atomic E-state index is 0.0717. The maximum Gasteiger partial charge on any atom is 0.490 e. The Morgan fingerprint density at radius 1 is 1.14 bits per heavy atom. The van der Waals surface area contributed by atoms with Crippen LogP contribution in [0.4, 0.5) is 13.2 Å². The Morgan fingerprint density at radius 3 is 2.55 bits per heavy atom.